The zero-order valence-corrected chi connectivity index (χ0v) is 8.75. The van der Waals surface area contributed by atoms with E-state index in [1.54, 1.807) is 0 Å². The van der Waals surface area contributed by atoms with Crippen LogP contribution < -0.4 is 10.6 Å². The van der Waals surface area contributed by atoms with Crippen LogP contribution in [0.3, 0.4) is 0 Å². The molecule has 2 atom stereocenters. The molecule has 3 heteroatoms. The van der Waals surface area contributed by atoms with Crippen molar-refractivity contribution in [1.82, 2.24) is 4.98 Å². The quantitative estimate of drug-likeness (QED) is 0.753. The largest absolute Gasteiger partial charge is 0.380 e. The maximum Gasteiger partial charge on any atom is 0.149 e. The van der Waals surface area contributed by atoms with Crippen molar-refractivity contribution in [2.24, 2.45) is 5.92 Å². The number of hydrogen-bond donors (Lipinski definition) is 2. The lowest BCUT2D eigenvalue weighted by atomic mass is 9.98. The highest BCUT2D eigenvalue weighted by molar-refractivity contribution is 5.66. The van der Waals surface area contributed by atoms with Gasteiger partial charge in [-0.2, -0.15) is 0 Å². The van der Waals surface area contributed by atoms with Crippen molar-refractivity contribution in [3.8, 4) is 0 Å². The first-order valence-electron chi connectivity index (χ1n) is 5.26. The van der Waals surface area contributed by atoms with Gasteiger partial charge in [0.1, 0.15) is 5.82 Å². The van der Waals surface area contributed by atoms with E-state index in [1.165, 1.54) is 6.42 Å². The van der Waals surface area contributed by atoms with Crippen molar-refractivity contribution >= 4 is 11.5 Å². The number of nitrogens with one attached hydrogen (secondary N) is 2. The van der Waals surface area contributed by atoms with Crippen LogP contribution in [0.25, 0.3) is 0 Å². The second-order valence-electron chi connectivity index (χ2n) is 3.92. The number of pyridine rings is 1. The molecule has 0 saturated carbocycles. The van der Waals surface area contributed by atoms with Gasteiger partial charge in [-0.25, -0.2) is 4.98 Å². The molecule has 1 aromatic rings. The Kier molecular flexibility index (Phi) is 2.57. The molecule has 76 valence electrons. The molecule has 3 nitrogen and oxygen atoms in total. The Hall–Kier alpha value is -1.25. The molecule has 14 heavy (non-hydrogen) atoms. The second kappa shape index (κ2) is 3.86. The van der Waals surface area contributed by atoms with E-state index in [1.807, 2.05) is 12.3 Å². The van der Waals surface area contributed by atoms with E-state index in [4.69, 9.17) is 0 Å². The van der Waals surface area contributed by atoms with Gasteiger partial charge >= 0.3 is 0 Å². The predicted molar refractivity (Wildman–Crippen MR) is 59.6 cm³/mol. The van der Waals surface area contributed by atoms with Gasteiger partial charge in [0.05, 0.1) is 5.69 Å². The van der Waals surface area contributed by atoms with E-state index >= 15 is 0 Å². The van der Waals surface area contributed by atoms with Gasteiger partial charge in [-0.05, 0) is 18.1 Å². The topological polar surface area (TPSA) is 37.0 Å². The zero-order chi connectivity index (χ0) is 9.97. The molecule has 1 aliphatic heterocycles. The van der Waals surface area contributed by atoms with Gasteiger partial charge in [-0.1, -0.05) is 20.3 Å². The van der Waals surface area contributed by atoms with E-state index in [2.05, 4.69) is 35.5 Å². The first-order chi connectivity index (χ1) is 6.81. The summed E-state index contributed by atoms with van der Waals surface area (Å²) < 4.78 is 0. The summed E-state index contributed by atoms with van der Waals surface area (Å²) in [6.07, 6.45) is 3.02. The van der Waals surface area contributed by atoms with Crippen molar-refractivity contribution in [2.75, 3.05) is 17.2 Å². The maximum absolute atomic E-state index is 4.31. The standard InChI is InChI=1S/C11H17N3/c1-3-8(2)10-7-13-9-5-4-6-12-11(9)14-10/h4-6,8,10,13H,3,7H2,1-2H3,(H,12,14). The predicted octanol–water partition coefficient (Wildman–Crippen LogP) is 2.33. The van der Waals surface area contributed by atoms with Gasteiger partial charge < -0.3 is 10.6 Å². The smallest absolute Gasteiger partial charge is 0.149 e. The summed E-state index contributed by atoms with van der Waals surface area (Å²) in [5.41, 5.74) is 1.12. The van der Waals surface area contributed by atoms with E-state index in [9.17, 15) is 0 Å². The van der Waals surface area contributed by atoms with Gasteiger partial charge in [0.15, 0.2) is 0 Å². The fourth-order valence-electron chi connectivity index (χ4n) is 1.74. The monoisotopic (exact) mass is 191 g/mol. The van der Waals surface area contributed by atoms with E-state index in [-0.39, 0.29) is 0 Å². The minimum atomic E-state index is 0.502. The lowest BCUT2D eigenvalue weighted by Crippen LogP contribution is -2.38. The summed E-state index contributed by atoms with van der Waals surface area (Å²) in [4.78, 5) is 4.31. The zero-order valence-electron chi connectivity index (χ0n) is 8.75. The Balaban J connectivity index is 2.13. The minimum absolute atomic E-state index is 0.502. The molecule has 0 amide bonds. The molecule has 0 bridgehead atoms. The van der Waals surface area contributed by atoms with Crippen LogP contribution in [0, 0.1) is 5.92 Å². The molecule has 2 heterocycles. The van der Waals surface area contributed by atoms with Gasteiger partial charge in [0, 0.05) is 18.8 Å². The fourth-order valence-corrected chi connectivity index (χ4v) is 1.74. The molecule has 2 N–H and O–H groups in total. The lowest BCUT2D eigenvalue weighted by molar-refractivity contribution is 0.476. The molecular formula is C11H17N3. The van der Waals surface area contributed by atoms with Crippen LogP contribution in [0.15, 0.2) is 18.3 Å². The second-order valence-corrected chi connectivity index (χ2v) is 3.92. The van der Waals surface area contributed by atoms with Crippen molar-refractivity contribution in [2.45, 2.75) is 26.3 Å². The molecule has 0 aliphatic carbocycles. The Morgan fingerprint density at radius 1 is 1.64 bits per heavy atom. The average molecular weight is 191 g/mol. The molecule has 0 fully saturated rings. The first-order valence-corrected chi connectivity index (χ1v) is 5.26. The van der Waals surface area contributed by atoms with E-state index < -0.39 is 0 Å². The average Bonchev–Trinajstić information content (AvgIpc) is 2.27. The molecule has 0 spiro atoms. The van der Waals surface area contributed by atoms with E-state index in [0.717, 1.165) is 18.1 Å². The molecule has 2 unspecified atom stereocenters. The van der Waals surface area contributed by atoms with Gasteiger partial charge in [-0.3, -0.25) is 0 Å². The first kappa shape index (κ1) is 9.31. The van der Waals surface area contributed by atoms with Crippen LogP contribution in [-0.2, 0) is 0 Å². The minimum Gasteiger partial charge on any atom is -0.380 e. The summed E-state index contributed by atoms with van der Waals surface area (Å²) in [7, 11) is 0. The summed E-state index contributed by atoms with van der Waals surface area (Å²) in [6.45, 7) is 5.49. The van der Waals surface area contributed by atoms with Gasteiger partial charge in [0.2, 0.25) is 0 Å². The van der Waals surface area contributed by atoms with Crippen molar-refractivity contribution < 1.29 is 0 Å². The Morgan fingerprint density at radius 2 is 2.50 bits per heavy atom. The molecule has 0 aromatic carbocycles. The SMILES string of the molecule is CCC(C)C1CNc2cccnc2N1. The molecule has 2 rings (SSSR count). The van der Waals surface area contributed by atoms with Gasteiger partial charge in [-0.15, -0.1) is 0 Å². The number of fused-ring (bicyclic) bond motifs is 1. The highest BCUT2D eigenvalue weighted by atomic mass is 15.1. The van der Waals surface area contributed by atoms with Crippen molar-refractivity contribution in [3.63, 3.8) is 0 Å². The van der Waals surface area contributed by atoms with Gasteiger partial charge in [0.25, 0.3) is 0 Å². The maximum atomic E-state index is 4.31. The van der Waals surface area contributed by atoms with E-state index in [0.29, 0.717) is 12.0 Å². The van der Waals surface area contributed by atoms with Crippen LogP contribution in [0.1, 0.15) is 20.3 Å². The number of aromatic nitrogens is 1. The number of hydrogen-bond acceptors (Lipinski definition) is 3. The lowest BCUT2D eigenvalue weighted by Gasteiger charge is -2.31. The summed E-state index contributed by atoms with van der Waals surface area (Å²) in [5.74, 6) is 1.67. The molecule has 0 saturated heterocycles. The Morgan fingerprint density at radius 3 is 3.29 bits per heavy atom. The van der Waals surface area contributed by atoms with Crippen LogP contribution in [0.4, 0.5) is 11.5 Å². The molecule has 1 aromatic heterocycles. The molecular weight excluding hydrogens is 174 g/mol. The molecule has 0 radical (unpaired) electrons. The third-order valence-corrected chi connectivity index (χ3v) is 2.97. The Bertz CT molecular complexity index is 311. The van der Waals surface area contributed by atoms with Crippen molar-refractivity contribution in [3.05, 3.63) is 18.3 Å². The highest BCUT2D eigenvalue weighted by Crippen LogP contribution is 2.25. The summed E-state index contributed by atoms with van der Waals surface area (Å²) in [6, 6.07) is 4.52. The number of nitrogens with zero attached hydrogens (tertiary/aromatic N) is 1. The number of rotatable bonds is 2. The third-order valence-electron chi connectivity index (χ3n) is 2.97. The molecule has 1 aliphatic rings. The summed E-state index contributed by atoms with van der Waals surface area (Å²) in [5, 5.41) is 6.88. The van der Waals surface area contributed by atoms with Crippen LogP contribution >= 0.6 is 0 Å². The number of anilines is 2. The van der Waals surface area contributed by atoms with Crippen LogP contribution in [0.2, 0.25) is 0 Å². The highest BCUT2D eigenvalue weighted by Gasteiger charge is 2.21. The van der Waals surface area contributed by atoms with Crippen LogP contribution in [0.5, 0.6) is 0 Å². The third kappa shape index (κ3) is 1.67. The fraction of sp³-hybridized carbons (Fsp3) is 0.545. The summed E-state index contributed by atoms with van der Waals surface area (Å²) >= 11 is 0. The normalized spacial score (nSPS) is 21.7. The van der Waals surface area contributed by atoms with Crippen molar-refractivity contribution in [1.29, 1.82) is 0 Å². The Labute approximate surface area is 84.9 Å². The van der Waals surface area contributed by atoms with Crippen LogP contribution in [-0.4, -0.2) is 17.6 Å².